The van der Waals surface area contributed by atoms with Crippen molar-refractivity contribution >= 4 is 11.8 Å². The lowest BCUT2D eigenvalue weighted by Crippen LogP contribution is -2.44. The minimum absolute atomic E-state index is 0.00152. The number of rotatable bonds is 4. The summed E-state index contributed by atoms with van der Waals surface area (Å²) in [6, 6.07) is 6.22. The van der Waals surface area contributed by atoms with Gasteiger partial charge in [0.25, 0.3) is 0 Å². The van der Waals surface area contributed by atoms with Gasteiger partial charge in [0.1, 0.15) is 5.82 Å². The average Bonchev–Trinajstić information content (AvgIpc) is 2.52. The van der Waals surface area contributed by atoms with Crippen molar-refractivity contribution in [2.45, 2.75) is 33.2 Å². The molecule has 0 atom stereocenters. The molecule has 1 aromatic rings. The second kappa shape index (κ2) is 7.38. The summed E-state index contributed by atoms with van der Waals surface area (Å²) in [5, 5.41) is 2.85. The molecule has 2 amide bonds. The smallest absolute Gasteiger partial charge is 0.225 e. The highest BCUT2D eigenvalue weighted by Gasteiger charge is 2.27. The number of hydrogen-bond acceptors (Lipinski definition) is 2. The lowest BCUT2D eigenvalue weighted by Gasteiger charge is -2.32. The van der Waals surface area contributed by atoms with Gasteiger partial charge in [-0.15, -0.1) is 0 Å². The van der Waals surface area contributed by atoms with E-state index in [4.69, 9.17) is 0 Å². The summed E-state index contributed by atoms with van der Waals surface area (Å²) in [4.78, 5) is 25.9. The van der Waals surface area contributed by atoms with E-state index < -0.39 is 0 Å². The van der Waals surface area contributed by atoms with Gasteiger partial charge in [0, 0.05) is 31.5 Å². The van der Waals surface area contributed by atoms with E-state index >= 15 is 0 Å². The summed E-state index contributed by atoms with van der Waals surface area (Å²) >= 11 is 0. The normalized spacial score (nSPS) is 15.9. The van der Waals surface area contributed by atoms with Gasteiger partial charge < -0.3 is 10.2 Å². The van der Waals surface area contributed by atoms with Gasteiger partial charge in [-0.2, -0.15) is 0 Å². The van der Waals surface area contributed by atoms with Crippen LogP contribution in [0.25, 0.3) is 0 Å². The van der Waals surface area contributed by atoms with Crippen molar-refractivity contribution in [1.82, 2.24) is 10.2 Å². The van der Waals surface area contributed by atoms with Gasteiger partial charge in [0.2, 0.25) is 11.8 Å². The van der Waals surface area contributed by atoms with E-state index in [9.17, 15) is 14.0 Å². The SMILES string of the molecule is CC(C)C(=O)N1CCC(C(=O)NCc2cccc(F)c2)CC1. The van der Waals surface area contributed by atoms with E-state index in [0.29, 0.717) is 32.5 Å². The summed E-state index contributed by atoms with van der Waals surface area (Å²) in [6.07, 6.45) is 1.38. The zero-order valence-corrected chi connectivity index (χ0v) is 13.1. The molecule has 1 aliphatic heterocycles. The molecule has 0 saturated carbocycles. The second-order valence-corrected chi connectivity index (χ2v) is 6.10. The number of benzene rings is 1. The van der Waals surface area contributed by atoms with Crippen LogP contribution in [0, 0.1) is 17.7 Å². The number of nitrogens with one attached hydrogen (secondary N) is 1. The summed E-state index contributed by atoms with van der Waals surface area (Å²) in [6.45, 7) is 5.38. The van der Waals surface area contributed by atoms with E-state index in [2.05, 4.69) is 5.32 Å². The first-order valence-corrected chi connectivity index (χ1v) is 7.78. The number of likely N-dealkylation sites (tertiary alicyclic amines) is 1. The predicted octanol–water partition coefficient (Wildman–Crippen LogP) is 2.34. The van der Waals surface area contributed by atoms with Crippen LogP contribution in [0.4, 0.5) is 4.39 Å². The van der Waals surface area contributed by atoms with Crippen molar-refractivity contribution in [3.8, 4) is 0 Å². The Morgan fingerprint density at radius 3 is 2.59 bits per heavy atom. The topological polar surface area (TPSA) is 49.4 Å². The molecule has 1 aromatic carbocycles. The lowest BCUT2D eigenvalue weighted by atomic mass is 9.95. The first kappa shape index (κ1) is 16.5. The Bertz CT molecular complexity index is 537. The molecule has 1 N–H and O–H groups in total. The van der Waals surface area contributed by atoms with Crippen molar-refractivity contribution in [1.29, 1.82) is 0 Å². The lowest BCUT2D eigenvalue weighted by molar-refractivity contribution is -0.138. The molecule has 0 radical (unpaired) electrons. The Labute approximate surface area is 130 Å². The molecular weight excluding hydrogens is 283 g/mol. The zero-order chi connectivity index (χ0) is 16.1. The van der Waals surface area contributed by atoms with Gasteiger partial charge >= 0.3 is 0 Å². The largest absolute Gasteiger partial charge is 0.352 e. The molecule has 5 heteroatoms. The molecule has 0 aromatic heterocycles. The van der Waals surface area contributed by atoms with Crippen molar-refractivity contribution in [2.75, 3.05) is 13.1 Å². The van der Waals surface area contributed by atoms with Crippen LogP contribution in [-0.2, 0) is 16.1 Å². The fourth-order valence-corrected chi connectivity index (χ4v) is 2.71. The van der Waals surface area contributed by atoms with Crippen molar-refractivity contribution in [2.24, 2.45) is 11.8 Å². The standard InChI is InChI=1S/C17H23FN2O2/c1-12(2)17(22)20-8-6-14(7-9-20)16(21)19-11-13-4-3-5-15(18)10-13/h3-5,10,12,14H,6-9,11H2,1-2H3,(H,19,21). The Morgan fingerprint density at radius 2 is 2.00 bits per heavy atom. The minimum Gasteiger partial charge on any atom is -0.352 e. The highest BCUT2D eigenvalue weighted by molar-refractivity contribution is 5.80. The third-order valence-corrected chi connectivity index (χ3v) is 4.03. The molecule has 0 unspecified atom stereocenters. The second-order valence-electron chi connectivity index (χ2n) is 6.10. The highest BCUT2D eigenvalue weighted by atomic mass is 19.1. The van der Waals surface area contributed by atoms with Crippen LogP contribution in [0.3, 0.4) is 0 Å². The molecule has 0 bridgehead atoms. The highest BCUT2D eigenvalue weighted by Crippen LogP contribution is 2.19. The van der Waals surface area contributed by atoms with Gasteiger partial charge in [-0.05, 0) is 30.5 Å². The maximum absolute atomic E-state index is 13.1. The molecule has 0 aliphatic carbocycles. The number of carbonyl (C=O) groups excluding carboxylic acids is 2. The van der Waals surface area contributed by atoms with Gasteiger partial charge in [-0.3, -0.25) is 9.59 Å². The van der Waals surface area contributed by atoms with E-state index in [1.807, 2.05) is 18.7 Å². The third kappa shape index (κ3) is 4.29. The van der Waals surface area contributed by atoms with E-state index in [1.165, 1.54) is 12.1 Å². The van der Waals surface area contributed by atoms with Gasteiger partial charge in [-0.1, -0.05) is 26.0 Å². The van der Waals surface area contributed by atoms with Crippen LogP contribution in [0.1, 0.15) is 32.3 Å². The fourth-order valence-electron chi connectivity index (χ4n) is 2.71. The fraction of sp³-hybridized carbons (Fsp3) is 0.529. The number of hydrogen-bond donors (Lipinski definition) is 1. The number of nitrogens with zero attached hydrogens (tertiary/aromatic N) is 1. The van der Waals surface area contributed by atoms with E-state index in [-0.39, 0.29) is 29.5 Å². The quantitative estimate of drug-likeness (QED) is 0.928. The summed E-state index contributed by atoms with van der Waals surface area (Å²) in [5.41, 5.74) is 0.751. The molecule has 1 heterocycles. The molecule has 1 fully saturated rings. The molecule has 120 valence electrons. The maximum atomic E-state index is 13.1. The zero-order valence-electron chi connectivity index (χ0n) is 13.1. The monoisotopic (exact) mass is 306 g/mol. The predicted molar refractivity (Wildman–Crippen MR) is 82.4 cm³/mol. The maximum Gasteiger partial charge on any atom is 0.225 e. The molecule has 0 spiro atoms. The summed E-state index contributed by atoms with van der Waals surface area (Å²) in [7, 11) is 0. The van der Waals surface area contributed by atoms with Crippen LogP contribution in [-0.4, -0.2) is 29.8 Å². The molecular formula is C17H23FN2O2. The Kier molecular flexibility index (Phi) is 5.52. The van der Waals surface area contributed by atoms with Gasteiger partial charge in [0.15, 0.2) is 0 Å². The van der Waals surface area contributed by atoms with Crippen molar-refractivity contribution < 1.29 is 14.0 Å². The first-order chi connectivity index (χ1) is 10.5. The molecule has 2 rings (SSSR count). The van der Waals surface area contributed by atoms with Crippen LogP contribution >= 0.6 is 0 Å². The first-order valence-electron chi connectivity index (χ1n) is 7.78. The van der Waals surface area contributed by atoms with Crippen LogP contribution in [0.5, 0.6) is 0 Å². The number of carbonyl (C=O) groups is 2. The van der Waals surface area contributed by atoms with E-state index in [0.717, 1.165) is 5.56 Å². The molecule has 22 heavy (non-hydrogen) atoms. The molecule has 1 saturated heterocycles. The number of amides is 2. The van der Waals surface area contributed by atoms with E-state index in [1.54, 1.807) is 12.1 Å². The molecule has 1 aliphatic rings. The van der Waals surface area contributed by atoms with Crippen molar-refractivity contribution in [3.05, 3.63) is 35.6 Å². The van der Waals surface area contributed by atoms with Crippen LogP contribution < -0.4 is 5.32 Å². The number of piperidine rings is 1. The Hall–Kier alpha value is -1.91. The average molecular weight is 306 g/mol. The van der Waals surface area contributed by atoms with Crippen molar-refractivity contribution in [3.63, 3.8) is 0 Å². The number of halogens is 1. The summed E-state index contributed by atoms with van der Waals surface area (Å²) < 4.78 is 13.1. The summed E-state index contributed by atoms with van der Waals surface area (Å²) in [5.74, 6) is -0.227. The molecule has 4 nitrogen and oxygen atoms in total. The Balaban J connectivity index is 1.79. The van der Waals surface area contributed by atoms with Crippen LogP contribution in [0.2, 0.25) is 0 Å². The third-order valence-electron chi connectivity index (χ3n) is 4.03. The Morgan fingerprint density at radius 1 is 1.32 bits per heavy atom. The minimum atomic E-state index is -0.299. The van der Waals surface area contributed by atoms with Gasteiger partial charge in [-0.25, -0.2) is 4.39 Å². The van der Waals surface area contributed by atoms with Crippen LogP contribution in [0.15, 0.2) is 24.3 Å². The van der Waals surface area contributed by atoms with Gasteiger partial charge in [0.05, 0.1) is 0 Å².